The van der Waals surface area contributed by atoms with Crippen LogP contribution in [0.1, 0.15) is 30.4 Å². The van der Waals surface area contributed by atoms with Crippen LogP contribution < -0.4 is 0 Å². The van der Waals surface area contributed by atoms with Gasteiger partial charge in [-0.3, -0.25) is 4.99 Å². The van der Waals surface area contributed by atoms with Crippen molar-refractivity contribution < 1.29 is 0 Å². The summed E-state index contributed by atoms with van der Waals surface area (Å²) in [7, 11) is 0. The summed E-state index contributed by atoms with van der Waals surface area (Å²) in [6, 6.07) is 8.43. The van der Waals surface area contributed by atoms with E-state index in [2.05, 4.69) is 48.0 Å². The maximum Gasteiger partial charge on any atom is 0.0698 e. The van der Waals surface area contributed by atoms with Crippen molar-refractivity contribution in [1.82, 2.24) is 0 Å². The second kappa shape index (κ2) is 5.44. The van der Waals surface area contributed by atoms with Gasteiger partial charge in [0.15, 0.2) is 0 Å². The van der Waals surface area contributed by atoms with Gasteiger partial charge < -0.3 is 0 Å². The molecule has 0 saturated carbocycles. The molecule has 0 spiro atoms. The normalized spacial score (nSPS) is 19.4. The van der Waals surface area contributed by atoms with Crippen LogP contribution in [0.2, 0.25) is 0 Å². The number of hydrogen-bond donors (Lipinski definition) is 0. The smallest absolute Gasteiger partial charge is 0.0698 e. The predicted molar refractivity (Wildman–Crippen MR) is 74.5 cm³/mol. The van der Waals surface area contributed by atoms with Crippen molar-refractivity contribution in [2.24, 2.45) is 4.99 Å². The number of aliphatic imine (C=N–C) groups is 1. The standard InChI is InChI=1S/C16H17N/c1-3-12-17-16(4-2)15-11-6-5-10-14(15)13-8-7-9-13/h3-8,10-13H,2,9H2,1H3/b12-3-,17-16+. The van der Waals surface area contributed by atoms with Crippen LogP contribution >= 0.6 is 0 Å². The maximum absolute atomic E-state index is 4.43. The Morgan fingerprint density at radius 1 is 1.41 bits per heavy atom. The molecule has 1 aromatic rings. The summed E-state index contributed by atoms with van der Waals surface area (Å²) in [6.07, 6.45) is 11.1. The summed E-state index contributed by atoms with van der Waals surface area (Å²) in [5, 5.41) is 0. The Morgan fingerprint density at radius 2 is 2.18 bits per heavy atom. The molecule has 0 saturated heterocycles. The summed E-state index contributed by atoms with van der Waals surface area (Å²) in [5.41, 5.74) is 3.48. The molecule has 0 N–H and O–H groups in total. The molecule has 1 nitrogen and oxygen atoms in total. The molecule has 1 aromatic carbocycles. The zero-order valence-electron chi connectivity index (χ0n) is 10.1. The lowest BCUT2D eigenvalue weighted by atomic mass is 9.84. The van der Waals surface area contributed by atoms with E-state index in [0.29, 0.717) is 5.92 Å². The average Bonchev–Trinajstić information content (AvgIpc) is 2.30. The zero-order chi connectivity index (χ0) is 12.1. The minimum Gasteiger partial charge on any atom is -0.257 e. The van der Waals surface area contributed by atoms with Crippen LogP contribution in [0.15, 0.2) is 66.3 Å². The highest BCUT2D eigenvalue weighted by Gasteiger charge is 2.17. The average molecular weight is 223 g/mol. The zero-order valence-corrected chi connectivity index (χ0v) is 10.1. The van der Waals surface area contributed by atoms with Gasteiger partial charge in [-0.15, -0.1) is 0 Å². The Balaban J connectivity index is 2.42. The number of nitrogens with zero attached hydrogens (tertiary/aromatic N) is 1. The molecule has 1 heteroatoms. The first-order valence-electron chi connectivity index (χ1n) is 5.94. The first kappa shape index (κ1) is 11.6. The summed E-state index contributed by atoms with van der Waals surface area (Å²) < 4.78 is 0. The van der Waals surface area contributed by atoms with Crippen LogP contribution in [0, 0.1) is 0 Å². The topological polar surface area (TPSA) is 12.4 Å². The Bertz CT molecular complexity index is 492. The SMILES string of the molecule is C=C/C(=N\C=C/C)c1ccccc1C1C=CC1. The van der Waals surface area contributed by atoms with Gasteiger partial charge in [0.1, 0.15) is 0 Å². The molecule has 0 aliphatic heterocycles. The van der Waals surface area contributed by atoms with Gasteiger partial charge in [-0.25, -0.2) is 0 Å². The number of rotatable bonds is 4. The Hall–Kier alpha value is -1.89. The molecule has 17 heavy (non-hydrogen) atoms. The van der Waals surface area contributed by atoms with Crippen molar-refractivity contribution in [2.75, 3.05) is 0 Å². The summed E-state index contributed by atoms with van der Waals surface area (Å²) in [4.78, 5) is 4.43. The van der Waals surface area contributed by atoms with E-state index >= 15 is 0 Å². The Kier molecular flexibility index (Phi) is 3.71. The van der Waals surface area contributed by atoms with E-state index in [4.69, 9.17) is 0 Å². The Morgan fingerprint density at radius 3 is 2.76 bits per heavy atom. The van der Waals surface area contributed by atoms with Crippen molar-refractivity contribution in [3.05, 3.63) is 72.5 Å². The lowest BCUT2D eigenvalue weighted by molar-refractivity contribution is 0.792. The van der Waals surface area contributed by atoms with E-state index in [9.17, 15) is 0 Å². The minimum absolute atomic E-state index is 0.543. The van der Waals surface area contributed by atoms with E-state index in [0.717, 1.165) is 12.1 Å². The fourth-order valence-corrected chi connectivity index (χ4v) is 1.94. The van der Waals surface area contributed by atoms with Crippen molar-refractivity contribution in [3.63, 3.8) is 0 Å². The summed E-state index contributed by atoms with van der Waals surface area (Å²) in [6.45, 7) is 5.81. The van der Waals surface area contributed by atoms with E-state index < -0.39 is 0 Å². The number of hydrogen-bond acceptors (Lipinski definition) is 1. The molecule has 0 radical (unpaired) electrons. The van der Waals surface area contributed by atoms with Gasteiger partial charge in [0, 0.05) is 17.7 Å². The van der Waals surface area contributed by atoms with E-state index in [1.807, 2.05) is 25.3 Å². The molecular weight excluding hydrogens is 206 g/mol. The van der Waals surface area contributed by atoms with Crippen molar-refractivity contribution >= 4 is 5.71 Å². The molecule has 1 aliphatic carbocycles. The number of allylic oxidation sites excluding steroid dienone is 4. The second-order valence-electron chi connectivity index (χ2n) is 4.06. The van der Waals surface area contributed by atoms with Crippen LogP contribution in [-0.4, -0.2) is 5.71 Å². The number of benzene rings is 1. The van der Waals surface area contributed by atoms with E-state index in [-0.39, 0.29) is 0 Å². The summed E-state index contributed by atoms with van der Waals surface area (Å²) in [5.74, 6) is 0.543. The molecule has 0 amide bonds. The third kappa shape index (κ3) is 2.44. The summed E-state index contributed by atoms with van der Waals surface area (Å²) >= 11 is 0. The molecule has 0 bridgehead atoms. The highest BCUT2D eigenvalue weighted by Crippen LogP contribution is 2.31. The lowest BCUT2D eigenvalue weighted by Gasteiger charge is -2.21. The molecule has 1 atom stereocenters. The van der Waals surface area contributed by atoms with Crippen LogP contribution in [0.4, 0.5) is 0 Å². The molecule has 2 rings (SSSR count). The molecule has 1 aliphatic rings. The first-order chi connectivity index (χ1) is 8.36. The van der Waals surface area contributed by atoms with Gasteiger partial charge in [-0.2, -0.15) is 0 Å². The van der Waals surface area contributed by atoms with Crippen molar-refractivity contribution in [3.8, 4) is 0 Å². The molecule has 1 unspecified atom stereocenters. The molecule has 0 heterocycles. The monoisotopic (exact) mass is 223 g/mol. The molecule has 0 aromatic heterocycles. The molecule has 86 valence electrons. The van der Waals surface area contributed by atoms with Gasteiger partial charge in [0.25, 0.3) is 0 Å². The maximum atomic E-state index is 4.43. The van der Waals surface area contributed by atoms with Crippen LogP contribution in [0.3, 0.4) is 0 Å². The highest BCUT2D eigenvalue weighted by molar-refractivity contribution is 6.09. The van der Waals surface area contributed by atoms with Gasteiger partial charge in [0.05, 0.1) is 5.71 Å². The van der Waals surface area contributed by atoms with E-state index in [1.165, 1.54) is 11.1 Å². The molecular formula is C16H17N. The fraction of sp³-hybridized carbons (Fsp3) is 0.188. The fourth-order valence-electron chi connectivity index (χ4n) is 1.94. The second-order valence-corrected chi connectivity index (χ2v) is 4.06. The minimum atomic E-state index is 0.543. The van der Waals surface area contributed by atoms with Crippen LogP contribution in [0.5, 0.6) is 0 Å². The van der Waals surface area contributed by atoms with Gasteiger partial charge in [-0.1, -0.05) is 49.1 Å². The van der Waals surface area contributed by atoms with E-state index in [1.54, 1.807) is 0 Å². The largest absolute Gasteiger partial charge is 0.257 e. The van der Waals surface area contributed by atoms with Crippen LogP contribution in [0.25, 0.3) is 0 Å². The molecule has 0 fully saturated rings. The lowest BCUT2D eigenvalue weighted by Crippen LogP contribution is -2.08. The van der Waals surface area contributed by atoms with Gasteiger partial charge in [-0.05, 0) is 25.0 Å². The highest BCUT2D eigenvalue weighted by atomic mass is 14.7. The van der Waals surface area contributed by atoms with Crippen molar-refractivity contribution in [2.45, 2.75) is 19.3 Å². The van der Waals surface area contributed by atoms with Gasteiger partial charge in [0.2, 0.25) is 0 Å². The van der Waals surface area contributed by atoms with Crippen LogP contribution in [-0.2, 0) is 0 Å². The van der Waals surface area contributed by atoms with Crippen molar-refractivity contribution in [1.29, 1.82) is 0 Å². The third-order valence-electron chi connectivity index (χ3n) is 2.95. The Labute approximate surface area is 103 Å². The quantitative estimate of drug-likeness (QED) is 0.535. The first-order valence-corrected chi connectivity index (χ1v) is 5.94. The predicted octanol–water partition coefficient (Wildman–Crippen LogP) is 4.24. The third-order valence-corrected chi connectivity index (χ3v) is 2.95. The van der Waals surface area contributed by atoms with Gasteiger partial charge >= 0.3 is 0 Å².